The summed E-state index contributed by atoms with van der Waals surface area (Å²) in [5.74, 6) is 0.341. The largest absolute Gasteiger partial charge is 0.467 e. The summed E-state index contributed by atoms with van der Waals surface area (Å²) in [4.78, 5) is 11.9. The van der Waals surface area contributed by atoms with Gasteiger partial charge in [0.1, 0.15) is 5.75 Å². The van der Waals surface area contributed by atoms with E-state index in [1.807, 2.05) is 24.3 Å². The van der Waals surface area contributed by atoms with E-state index in [-0.39, 0.29) is 5.78 Å². The van der Waals surface area contributed by atoms with E-state index in [1.165, 1.54) is 0 Å². The minimum atomic E-state index is -1.00. The van der Waals surface area contributed by atoms with Gasteiger partial charge in [-0.2, -0.15) is 0 Å². The predicted molar refractivity (Wildman–Crippen MR) is 67.5 cm³/mol. The number of ether oxygens (including phenoxy) is 1. The summed E-state index contributed by atoms with van der Waals surface area (Å²) in [6.07, 6.45) is 0. The summed E-state index contributed by atoms with van der Waals surface area (Å²) < 4.78 is 5.35. The van der Waals surface area contributed by atoms with Crippen LogP contribution in [0.1, 0.15) is 10.4 Å². The van der Waals surface area contributed by atoms with E-state index in [9.17, 15) is 4.79 Å². The highest BCUT2D eigenvalue weighted by Crippen LogP contribution is 2.16. The molecule has 0 saturated heterocycles. The molecule has 1 unspecified atom stereocenters. The third kappa shape index (κ3) is 3.08. The molecule has 0 N–H and O–H groups in total. The molecule has 0 heterocycles. The number of hydrogen-bond donors (Lipinski definition) is 0. The summed E-state index contributed by atoms with van der Waals surface area (Å²) >= 11 is 5.93. The van der Waals surface area contributed by atoms with Gasteiger partial charge in [-0.25, -0.2) is 0 Å². The summed E-state index contributed by atoms with van der Waals surface area (Å²) in [5.41, 5.74) is -0.455. The quantitative estimate of drug-likeness (QED) is 0.610. The van der Waals surface area contributed by atoms with Crippen LogP contribution >= 0.6 is 11.6 Å². The van der Waals surface area contributed by atoms with E-state index in [1.54, 1.807) is 36.4 Å². The molecule has 2 nitrogen and oxygen atoms in total. The summed E-state index contributed by atoms with van der Waals surface area (Å²) in [6.45, 7) is 0. The molecule has 2 aromatic rings. The van der Waals surface area contributed by atoms with Crippen LogP contribution < -0.4 is 4.74 Å². The fraction of sp³-hybridized carbons (Fsp3) is 0.0714. The number of halogens is 1. The van der Waals surface area contributed by atoms with Crippen molar-refractivity contribution in [2.45, 2.75) is 5.56 Å². The first-order chi connectivity index (χ1) is 8.27. The first-order valence-electron chi connectivity index (χ1n) is 5.22. The maximum atomic E-state index is 11.9. The van der Waals surface area contributed by atoms with Crippen molar-refractivity contribution in [2.75, 3.05) is 0 Å². The Morgan fingerprint density at radius 1 is 0.941 bits per heavy atom. The van der Waals surface area contributed by atoms with Crippen molar-refractivity contribution in [1.82, 2.24) is 0 Å². The first kappa shape index (κ1) is 11.7. The number of alkyl halides is 1. The van der Waals surface area contributed by atoms with Crippen molar-refractivity contribution in [3.8, 4) is 5.75 Å². The smallest absolute Gasteiger partial charge is 0.234 e. The molecule has 0 saturated carbocycles. The number of hydrogen-bond acceptors (Lipinski definition) is 2. The van der Waals surface area contributed by atoms with Crippen LogP contribution in [0.4, 0.5) is 0 Å². The monoisotopic (exact) mass is 246 g/mol. The Bertz CT molecular complexity index is 482. The van der Waals surface area contributed by atoms with Crippen molar-refractivity contribution in [1.29, 1.82) is 0 Å². The van der Waals surface area contributed by atoms with Gasteiger partial charge in [0.25, 0.3) is 0 Å². The molecule has 1 atom stereocenters. The average molecular weight is 247 g/mol. The third-order valence-corrected chi connectivity index (χ3v) is 2.53. The number of rotatable bonds is 4. The van der Waals surface area contributed by atoms with Crippen molar-refractivity contribution in [3.05, 3.63) is 66.2 Å². The lowest BCUT2D eigenvalue weighted by molar-refractivity contribution is 0.0885. The van der Waals surface area contributed by atoms with E-state index in [0.717, 1.165) is 0 Å². The summed E-state index contributed by atoms with van der Waals surface area (Å²) in [7, 11) is 0. The SMILES string of the molecule is O=C(c1ccccc1)C(Cl)Oc1ccccc1. The van der Waals surface area contributed by atoms with Gasteiger partial charge in [0.15, 0.2) is 0 Å². The number of para-hydroxylation sites is 1. The van der Waals surface area contributed by atoms with Gasteiger partial charge in [-0.3, -0.25) is 4.79 Å². The minimum absolute atomic E-state index is 0.240. The van der Waals surface area contributed by atoms with Crippen LogP contribution in [0.15, 0.2) is 60.7 Å². The molecule has 17 heavy (non-hydrogen) atoms. The van der Waals surface area contributed by atoms with Crippen LogP contribution in [0.2, 0.25) is 0 Å². The lowest BCUT2D eigenvalue weighted by Crippen LogP contribution is -2.21. The molecule has 86 valence electrons. The number of carbonyl (C=O) groups is 1. The van der Waals surface area contributed by atoms with Crippen LogP contribution in [0.25, 0.3) is 0 Å². The number of carbonyl (C=O) groups excluding carboxylic acids is 1. The molecule has 0 aliphatic heterocycles. The van der Waals surface area contributed by atoms with Crippen LogP contribution in [-0.2, 0) is 0 Å². The molecule has 2 aromatic carbocycles. The van der Waals surface area contributed by atoms with Crippen molar-refractivity contribution < 1.29 is 9.53 Å². The zero-order valence-electron chi connectivity index (χ0n) is 9.05. The summed E-state index contributed by atoms with van der Waals surface area (Å²) in [6, 6.07) is 17.9. The van der Waals surface area contributed by atoms with Crippen LogP contribution in [0.3, 0.4) is 0 Å². The van der Waals surface area contributed by atoms with Gasteiger partial charge in [0.05, 0.1) is 0 Å². The molecular formula is C14H11ClO2. The van der Waals surface area contributed by atoms with Crippen LogP contribution in [-0.4, -0.2) is 11.3 Å². The molecule has 0 amide bonds. The van der Waals surface area contributed by atoms with E-state index in [0.29, 0.717) is 11.3 Å². The Balaban J connectivity index is 2.06. The highest BCUT2D eigenvalue weighted by Gasteiger charge is 2.18. The van der Waals surface area contributed by atoms with Gasteiger partial charge in [-0.05, 0) is 12.1 Å². The van der Waals surface area contributed by atoms with Gasteiger partial charge in [0.2, 0.25) is 11.3 Å². The molecule has 0 spiro atoms. The van der Waals surface area contributed by atoms with E-state index in [4.69, 9.17) is 16.3 Å². The molecular weight excluding hydrogens is 236 g/mol. The second-order valence-corrected chi connectivity index (χ2v) is 3.87. The Morgan fingerprint density at radius 2 is 1.47 bits per heavy atom. The Hall–Kier alpha value is -1.80. The van der Waals surface area contributed by atoms with Gasteiger partial charge in [-0.1, -0.05) is 60.1 Å². The highest BCUT2D eigenvalue weighted by atomic mass is 35.5. The second-order valence-electron chi connectivity index (χ2n) is 3.48. The Morgan fingerprint density at radius 3 is 2.06 bits per heavy atom. The van der Waals surface area contributed by atoms with Crippen molar-refractivity contribution in [2.24, 2.45) is 0 Å². The number of ketones is 1. The van der Waals surface area contributed by atoms with Gasteiger partial charge in [0, 0.05) is 5.56 Å². The number of Topliss-reactive ketones (excluding diaryl/α,β-unsaturated/α-hetero) is 1. The van der Waals surface area contributed by atoms with Gasteiger partial charge >= 0.3 is 0 Å². The standard InChI is InChI=1S/C14H11ClO2/c15-14(17-12-9-5-2-6-10-12)13(16)11-7-3-1-4-8-11/h1-10,14H. The molecule has 2 rings (SSSR count). The molecule has 0 bridgehead atoms. The lowest BCUT2D eigenvalue weighted by atomic mass is 10.1. The first-order valence-corrected chi connectivity index (χ1v) is 5.66. The maximum absolute atomic E-state index is 11.9. The van der Waals surface area contributed by atoms with E-state index in [2.05, 4.69) is 0 Å². The minimum Gasteiger partial charge on any atom is -0.467 e. The molecule has 0 aromatic heterocycles. The lowest BCUT2D eigenvalue weighted by Gasteiger charge is -2.11. The fourth-order valence-electron chi connectivity index (χ4n) is 1.41. The van der Waals surface area contributed by atoms with Crippen LogP contribution in [0.5, 0.6) is 5.75 Å². The molecule has 0 aliphatic rings. The Kier molecular flexibility index (Phi) is 3.78. The zero-order valence-corrected chi connectivity index (χ0v) is 9.80. The second kappa shape index (κ2) is 5.51. The molecule has 0 fully saturated rings. The normalized spacial score (nSPS) is 11.8. The Labute approximate surface area is 105 Å². The fourth-order valence-corrected chi connectivity index (χ4v) is 1.63. The predicted octanol–water partition coefficient (Wildman–Crippen LogP) is 3.51. The van der Waals surface area contributed by atoms with E-state index < -0.39 is 5.56 Å². The van der Waals surface area contributed by atoms with Gasteiger partial charge in [-0.15, -0.1) is 0 Å². The highest BCUT2D eigenvalue weighted by molar-refractivity contribution is 6.32. The van der Waals surface area contributed by atoms with Crippen molar-refractivity contribution >= 4 is 17.4 Å². The third-order valence-electron chi connectivity index (χ3n) is 2.25. The maximum Gasteiger partial charge on any atom is 0.234 e. The summed E-state index contributed by atoms with van der Waals surface area (Å²) in [5, 5.41) is 0. The van der Waals surface area contributed by atoms with Gasteiger partial charge < -0.3 is 4.74 Å². The molecule has 0 aliphatic carbocycles. The average Bonchev–Trinajstić information content (AvgIpc) is 2.40. The van der Waals surface area contributed by atoms with E-state index >= 15 is 0 Å². The molecule has 3 heteroatoms. The zero-order chi connectivity index (χ0) is 12.1. The van der Waals surface area contributed by atoms with Crippen molar-refractivity contribution in [3.63, 3.8) is 0 Å². The topological polar surface area (TPSA) is 26.3 Å². The van der Waals surface area contributed by atoms with Crippen LogP contribution in [0, 0.1) is 0 Å². The number of benzene rings is 2. The molecule has 0 radical (unpaired) electrons.